The minimum atomic E-state index is 0.325. The van der Waals surface area contributed by atoms with Gasteiger partial charge in [-0.2, -0.15) is 0 Å². The first kappa shape index (κ1) is 117. The maximum Gasteiger partial charge on any atom is 0.0687 e. The summed E-state index contributed by atoms with van der Waals surface area (Å²) >= 11 is 0. The standard InChI is InChI=1S/C18H30O.C17H30O.C17H32O.C16H28O.C15H26O.C14H26O.C13H22O.C12H24O.C11H22O/c1-2-19-16-15-12-14(18(16)10-6-7-11-18)13-17(15)8-4-3-5-9-17;1-2-18-15-16(9-5-3-6-10-16)13-14-17(15)11-7-4-8-12-17;1-6-18-14-15(2,3)12-13-17(16(14,4)5)10-8-7-9-11-17;1-4-17-14-13-10-12(15(14,2)3)11-16(13)8-6-5-7-9-16;1-2-16-13-14(7-3-4-8-14)11-12-15(13)9-5-6-10-15;1-6-15-12-13(2,3)10-8-7-9-11(10)14(12,4)5;1-2-14-11-12(5-3-6-12)9-10-13(11)7-4-8-13;1-3-13-11-12(2)9-7-5-4-6-8-10-12;1-3-12-10-11(2)8-6-4-5-7-9-11/h14-16H,2-13H2,1H3;15H,2-14H2,1H3;14H,6-13H2,1-5H3;12-14H,4-11H2,1-3H3;13H,2-12H2,1H3;10-12H,6-9H2,1-5H3;11H,2-10H2,1H3;3-11H2,1-2H3;3-10H2,1-2H3. The molecule has 826 valence electrons. The van der Waals surface area contributed by atoms with Crippen LogP contribution in [0.15, 0.2) is 0 Å². The molecule has 9 nitrogen and oxygen atoms in total. The molecule has 22 fully saturated rings. The van der Waals surface area contributed by atoms with Crippen molar-refractivity contribution in [2.45, 2.75) is 644 Å². The first-order chi connectivity index (χ1) is 68.2. The molecule has 0 amide bonds. The summed E-state index contributed by atoms with van der Waals surface area (Å²) in [5, 5.41) is 0. The molecule has 142 heavy (non-hydrogen) atoms. The van der Waals surface area contributed by atoms with E-state index >= 15 is 0 Å². The Bertz CT molecular complexity index is 3480. The van der Waals surface area contributed by atoms with E-state index in [1.807, 2.05) is 0 Å². The zero-order valence-electron chi connectivity index (χ0n) is 98.7. The van der Waals surface area contributed by atoms with Crippen molar-refractivity contribution in [3.63, 3.8) is 0 Å². The minimum absolute atomic E-state index is 0.325. The van der Waals surface area contributed by atoms with Gasteiger partial charge in [-0.1, -0.05) is 295 Å². The van der Waals surface area contributed by atoms with Gasteiger partial charge < -0.3 is 42.6 Å². The number of fused-ring (bicyclic) bond motifs is 8. The van der Waals surface area contributed by atoms with Crippen LogP contribution in [0, 0.1) is 128 Å². The van der Waals surface area contributed by atoms with Gasteiger partial charge in [-0.25, -0.2) is 0 Å². The van der Waals surface area contributed by atoms with Crippen LogP contribution in [0.2, 0.25) is 0 Å². The highest BCUT2D eigenvalue weighted by Gasteiger charge is 2.70. The molecule has 22 rings (SSSR count). The van der Waals surface area contributed by atoms with Crippen LogP contribution in [0.5, 0.6) is 0 Å². The highest BCUT2D eigenvalue weighted by atomic mass is 16.5. The molecule has 22 aliphatic rings. The Morgan fingerprint density at radius 3 is 0.796 bits per heavy atom. The van der Waals surface area contributed by atoms with Crippen molar-refractivity contribution in [1.82, 2.24) is 0 Å². The van der Waals surface area contributed by atoms with E-state index in [1.165, 1.54) is 449 Å². The molecule has 9 heteroatoms. The Hall–Kier alpha value is -0.360. The third-order valence-corrected chi connectivity index (χ3v) is 48.5. The Labute approximate surface area is 881 Å². The molecule has 9 unspecified atom stereocenters. The fraction of sp³-hybridized carbons (Fsp3) is 1.00. The molecule has 0 heterocycles. The predicted molar refractivity (Wildman–Crippen MR) is 599 cm³/mol. The van der Waals surface area contributed by atoms with Crippen LogP contribution in [-0.4, -0.2) is 115 Å². The smallest absolute Gasteiger partial charge is 0.0687 e. The van der Waals surface area contributed by atoms with Crippen molar-refractivity contribution < 1.29 is 42.6 Å². The summed E-state index contributed by atoms with van der Waals surface area (Å²) in [6, 6.07) is 0. The normalized spacial score (nSPS) is 34.4. The molecule has 0 aromatic heterocycles. The summed E-state index contributed by atoms with van der Waals surface area (Å²) in [6.07, 6.45) is 107. The lowest BCUT2D eigenvalue weighted by Gasteiger charge is -2.61. The number of hydrogen-bond acceptors (Lipinski definition) is 9. The molecule has 0 saturated heterocycles. The van der Waals surface area contributed by atoms with Crippen LogP contribution >= 0.6 is 0 Å². The van der Waals surface area contributed by atoms with Crippen molar-refractivity contribution in [3.8, 4) is 0 Å². The summed E-state index contributed by atoms with van der Waals surface area (Å²) in [5.74, 6) is 5.54. The topological polar surface area (TPSA) is 83.1 Å². The largest absolute Gasteiger partial charge is 0.381 e. The highest BCUT2D eigenvalue weighted by molar-refractivity contribution is 5.19. The van der Waals surface area contributed by atoms with Crippen molar-refractivity contribution in [2.24, 2.45) is 128 Å². The molecule has 9 atom stereocenters. The van der Waals surface area contributed by atoms with Crippen LogP contribution < -0.4 is 0 Å². The van der Waals surface area contributed by atoms with Gasteiger partial charge >= 0.3 is 0 Å². The molecule has 0 aliphatic heterocycles. The van der Waals surface area contributed by atoms with Crippen LogP contribution in [0.1, 0.15) is 601 Å². The maximum atomic E-state index is 6.40. The summed E-state index contributed by atoms with van der Waals surface area (Å²) in [5.41, 5.74) is 9.12. The van der Waals surface area contributed by atoms with Gasteiger partial charge in [0.2, 0.25) is 0 Å². The summed E-state index contributed by atoms with van der Waals surface area (Å²) < 4.78 is 54.8. The number of rotatable bonds is 20. The van der Waals surface area contributed by atoms with E-state index in [0.717, 1.165) is 114 Å². The second kappa shape index (κ2) is 51.1. The van der Waals surface area contributed by atoms with Gasteiger partial charge in [0.25, 0.3) is 0 Å². The molecule has 4 bridgehead atoms. The monoisotopic (exact) mass is 1980 g/mol. The van der Waals surface area contributed by atoms with Gasteiger partial charge in [-0.3, -0.25) is 0 Å². The number of hydrogen-bond donors (Lipinski definition) is 0. The van der Waals surface area contributed by atoms with E-state index < -0.39 is 0 Å². The number of ether oxygens (including phenoxy) is 9. The summed E-state index contributed by atoms with van der Waals surface area (Å²) in [7, 11) is 0. The van der Waals surface area contributed by atoms with Crippen molar-refractivity contribution in [1.29, 1.82) is 0 Å². The molecule has 0 N–H and O–H groups in total. The van der Waals surface area contributed by atoms with Crippen molar-refractivity contribution in [2.75, 3.05) is 72.7 Å². The first-order valence-corrected chi connectivity index (χ1v) is 64.6. The quantitative estimate of drug-likeness (QED) is 0.111. The van der Waals surface area contributed by atoms with Crippen LogP contribution in [0.25, 0.3) is 0 Å². The molecule has 0 aromatic rings. The van der Waals surface area contributed by atoms with Gasteiger partial charge in [0, 0.05) is 59.5 Å². The van der Waals surface area contributed by atoms with E-state index in [9.17, 15) is 0 Å². The third kappa shape index (κ3) is 25.0. The summed E-state index contributed by atoms with van der Waals surface area (Å²) in [4.78, 5) is 0. The molecule has 22 saturated carbocycles. The lowest BCUT2D eigenvalue weighted by atomic mass is 9.47. The molecule has 10 spiro atoms. The maximum absolute atomic E-state index is 6.40. The lowest BCUT2D eigenvalue weighted by Crippen LogP contribution is -2.57. The average molecular weight is 1980 g/mol. The second-order valence-electron chi connectivity index (χ2n) is 58.4. The molecule has 0 radical (unpaired) electrons. The van der Waals surface area contributed by atoms with E-state index in [4.69, 9.17) is 42.6 Å². The lowest BCUT2D eigenvalue weighted by molar-refractivity contribution is -0.188. The van der Waals surface area contributed by atoms with Crippen LogP contribution in [0.3, 0.4) is 0 Å². The van der Waals surface area contributed by atoms with E-state index in [0.29, 0.717) is 129 Å². The zero-order valence-corrected chi connectivity index (χ0v) is 98.7. The van der Waals surface area contributed by atoms with Gasteiger partial charge in [-0.15, -0.1) is 0 Å². The Morgan fingerprint density at radius 2 is 0.465 bits per heavy atom. The molecular weight excluding hydrogens is 1740 g/mol. The third-order valence-electron chi connectivity index (χ3n) is 48.5. The first-order valence-electron chi connectivity index (χ1n) is 64.6. The predicted octanol–water partition coefficient (Wildman–Crippen LogP) is 38.5. The van der Waals surface area contributed by atoms with Gasteiger partial charge in [0.05, 0.1) is 55.9 Å². The van der Waals surface area contributed by atoms with E-state index in [1.54, 1.807) is 6.42 Å². The Balaban J connectivity index is 0.000000127. The van der Waals surface area contributed by atoms with Gasteiger partial charge in [-0.05, 0) is 434 Å². The van der Waals surface area contributed by atoms with Crippen LogP contribution in [0.4, 0.5) is 0 Å². The van der Waals surface area contributed by atoms with Gasteiger partial charge in [0.15, 0.2) is 0 Å². The Kier molecular flexibility index (Phi) is 42.2. The second-order valence-corrected chi connectivity index (χ2v) is 58.4. The van der Waals surface area contributed by atoms with Crippen molar-refractivity contribution >= 4 is 0 Å². The highest BCUT2D eigenvalue weighted by Crippen LogP contribution is 2.75. The van der Waals surface area contributed by atoms with E-state index in [2.05, 4.69) is 145 Å². The SMILES string of the molecule is CCOC1C(C)(C)C2CCCC2C1(C)C.CCOC1C(C)(C)CCC2(CCCCC2)C1(C)C.CCOC1C2(CCC2)CCC12CCC2.CCOC1C2(CCCC2)CCC12CCCC2.CCOC1C2(CCCCC2)CCC12CCCCC2.CCOC1C2CC(CC23CCCCC3)C1(C)C.CCOC1C2CC(CC23CCCCC3)C12CCCC2.CCOCC1(C)CCCCCC1.CCOCC1(C)CCCCCCC1. The van der Waals surface area contributed by atoms with Crippen LogP contribution in [-0.2, 0) is 42.6 Å². The average Bonchev–Trinajstić information content (AvgIpc) is 1.59. The fourth-order valence-corrected chi connectivity index (χ4v) is 41.0. The zero-order chi connectivity index (χ0) is 101. The van der Waals surface area contributed by atoms with E-state index in [-0.39, 0.29) is 0 Å². The summed E-state index contributed by atoms with van der Waals surface area (Å²) in [6.45, 7) is 58.5. The van der Waals surface area contributed by atoms with Crippen molar-refractivity contribution in [3.05, 3.63) is 0 Å². The Morgan fingerprint density at radius 1 is 0.197 bits per heavy atom. The van der Waals surface area contributed by atoms with Gasteiger partial charge in [0.1, 0.15) is 0 Å². The molecular formula is C133H240O9. The fourth-order valence-electron chi connectivity index (χ4n) is 41.0. The molecule has 0 aromatic carbocycles. The molecule has 22 aliphatic carbocycles. The minimum Gasteiger partial charge on any atom is -0.381 e.